The first kappa shape index (κ1) is 12.3. The molecule has 1 aliphatic rings. The highest BCUT2D eigenvalue weighted by molar-refractivity contribution is 5.97. The number of hydrogen-bond donors (Lipinski definition) is 1. The summed E-state index contributed by atoms with van der Waals surface area (Å²) in [5.41, 5.74) is 1.86. The van der Waals surface area contributed by atoms with Gasteiger partial charge in [-0.3, -0.25) is 4.79 Å². The van der Waals surface area contributed by atoms with E-state index >= 15 is 0 Å². The Balaban J connectivity index is 1.84. The van der Waals surface area contributed by atoms with Gasteiger partial charge in [-0.2, -0.15) is 0 Å². The second kappa shape index (κ2) is 5.94. The van der Waals surface area contributed by atoms with Gasteiger partial charge in [-0.05, 0) is 38.9 Å². The minimum absolute atomic E-state index is 0.0761. The van der Waals surface area contributed by atoms with Crippen LogP contribution in [0.2, 0.25) is 0 Å². The second-order valence-electron chi connectivity index (χ2n) is 4.55. The van der Waals surface area contributed by atoms with Crippen molar-refractivity contribution in [3.05, 3.63) is 35.4 Å². The van der Waals surface area contributed by atoms with Crippen LogP contribution >= 0.6 is 0 Å². The maximum Gasteiger partial charge on any atom is 0.188 e. The molecule has 1 heterocycles. The molecule has 0 saturated carbocycles. The van der Waals surface area contributed by atoms with Crippen molar-refractivity contribution in [3.63, 3.8) is 0 Å². The summed E-state index contributed by atoms with van der Waals surface area (Å²) >= 11 is 0. The van der Waals surface area contributed by atoms with Crippen LogP contribution in [0.4, 0.5) is 0 Å². The molecule has 92 valence electrons. The van der Waals surface area contributed by atoms with Gasteiger partial charge in [-0.15, -0.1) is 0 Å². The van der Waals surface area contributed by atoms with Crippen molar-refractivity contribution in [2.75, 3.05) is 19.7 Å². The van der Waals surface area contributed by atoms with Gasteiger partial charge < -0.3 is 10.1 Å². The number of carbonyl (C=O) groups is 1. The number of ether oxygens (including phenoxy) is 1. The predicted octanol–water partition coefficient (Wildman–Crippen LogP) is 1.95. The molecule has 2 rings (SSSR count). The first-order chi connectivity index (χ1) is 8.25. The van der Waals surface area contributed by atoms with Gasteiger partial charge in [0.1, 0.15) is 6.61 Å². The summed E-state index contributed by atoms with van der Waals surface area (Å²) < 4.78 is 5.65. The number of aryl methyl sites for hydroxylation is 1. The van der Waals surface area contributed by atoms with E-state index in [0.717, 1.165) is 37.1 Å². The van der Waals surface area contributed by atoms with E-state index in [1.165, 1.54) is 0 Å². The Morgan fingerprint density at radius 2 is 2.18 bits per heavy atom. The summed E-state index contributed by atoms with van der Waals surface area (Å²) in [6.45, 7) is 4.17. The van der Waals surface area contributed by atoms with Gasteiger partial charge in [0.05, 0.1) is 6.10 Å². The average molecular weight is 233 g/mol. The van der Waals surface area contributed by atoms with Crippen LogP contribution in [0.15, 0.2) is 24.3 Å². The predicted molar refractivity (Wildman–Crippen MR) is 67.4 cm³/mol. The van der Waals surface area contributed by atoms with Crippen molar-refractivity contribution < 1.29 is 9.53 Å². The van der Waals surface area contributed by atoms with Crippen LogP contribution in [0.1, 0.15) is 28.8 Å². The zero-order chi connectivity index (χ0) is 12.1. The van der Waals surface area contributed by atoms with Crippen molar-refractivity contribution in [3.8, 4) is 0 Å². The molecule has 0 bridgehead atoms. The SMILES string of the molecule is Cc1cccc(C(=O)COC2CCNCC2)c1. The van der Waals surface area contributed by atoms with Crippen molar-refractivity contribution in [2.45, 2.75) is 25.9 Å². The van der Waals surface area contributed by atoms with Gasteiger partial charge in [0.15, 0.2) is 5.78 Å². The molecule has 1 saturated heterocycles. The number of hydrogen-bond acceptors (Lipinski definition) is 3. The van der Waals surface area contributed by atoms with Gasteiger partial charge in [-0.25, -0.2) is 0 Å². The zero-order valence-corrected chi connectivity index (χ0v) is 10.2. The lowest BCUT2D eigenvalue weighted by molar-refractivity contribution is 0.0317. The Kier molecular flexibility index (Phi) is 4.29. The van der Waals surface area contributed by atoms with Crippen LogP contribution < -0.4 is 5.32 Å². The standard InChI is InChI=1S/C14H19NO2/c1-11-3-2-4-12(9-11)14(16)10-17-13-5-7-15-8-6-13/h2-4,9,13,15H,5-8,10H2,1H3. The van der Waals surface area contributed by atoms with Gasteiger partial charge in [0, 0.05) is 5.56 Å². The van der Waals surface area contributed by atoms with E-state index in [9.17, 15) is 4.79 Å². The van der Waals surface area contributed by atoms with Crippen LogP contribution in [-0.2, 0) is 4.74 Å². The van der Waals surface area contributed by atoms with Crippen LogP contribution in [0, 0.1) is 6.92 Å². The molecule has 0 amide bonds. The van der Waals surface area contributed by atoms with E-state index in [1.54, 1.807) is 0 Å². The lowest BCUT2D eigenvalue weighted by Crippen LogP contribution is -2.33. The molecule has 0 atom stereocenters. The normalized spacial score (nSPS) is 17.0. The molecule has 0 aliphatic carbocycles. The Bertz CT molecular complexity index is 384. The Labute approximate surface area is 102 Å². The van der Waals surface area contributed by atoms with Gasteiger partial charge >= 0.3 is 0 Å². The van der Waals surface area contributed by atoms with Crippen molar-refractivity contribution in [1.29, 1.82) is 0 Å². The number of carbonyl (C=O) groups excluding carboxylic acids is 1. The fourth-order valence-corrected chi connectivity index (χ4v) is 2.06. The van der Waals surface area contributed by atoms with Crippen LogP contribution in [0.5, 0.6) is 0 Å². The van der Waals surface area contributed by atoms with E-state index in [0.29, 0.717) is 0 Å². The third-order valence-corrected chi connectivity index (χ3v) is 3.08. The Hall–Kier alpha value is -1.19. The summed E-state index contributed by atoms with van der Waals surface area (Å²) in [5.74, 6) is 0.0761. The number of nitrogens with one attached hydrogen (secondary N) is 1. The third-order valence-electron chi connectivity index (χ3n) is 3.08. The second-order valence-corrected chi connectivity index (χ2v) is 4.55. The summed E-state index contributed by atoms with van der Waals surface area (Å²) in [6, 6.07) is 7.66. The minimum atomic E-state index is 0.0761. The number of ketones is 1. The molecule has 1 aliphatic heterocycles. The Morgan fingerprint density at radius 3 is 2.88 bits per heavy atom. The largest absolute Gasteiger partial charge is 0.370 e. The molecule has 0 radical (unpaired) electrons. The van der Waals surface area contributed by atoms with E-state index in [-0.39, 0.29) is 18.5 Å². The summed E-state index contributed by atoms with van der Waals surface area (Å²) in [4.78, 5) is 11.9. The smallest absolute Gasteiger partial charge is 0.188 e. The molecular weight excluding hydrogens is 214 g/mol. The molecule has 3 nitrogen and oxygen atoms in total. The van der Waals surface area contributed by atoms with E-state index in [1.807, 2.05) is 31.2 Å². The van der Waals surface area contributed by atoms with Crippen molar-refractivity contribution in [1.82, 2.24) is 5.32 Å². The van der Waals surface area contributed by atoms with Gasteiger partial charge in [-0.1, -0.05) is 23.8 Å². The summed E-state index contributed by atoms with van der Waals surface area (Å²) in [5, 5.41) is 3.28. The molecular formula is C14H19NO2. The number of rotatable bonds is 4. The van der Waals surface area contributed by atoms with Gasteiger partial charge in [0.2, 0.25) is 0 Å². The molecule has 1 N–H and O–H groups in total. The van der Waals surface area contributed by atoms with E-state index < -0.39 is 0 Å². The molecule has 0 aromatic heterocycles. The number of Topliss-reactive ketones (excluding diaryl/α,β-unsaturated/α-hetero) is 1. The van der Waals surface area contributed by atoms with Crippen LogP contribution in [0.25, 0.3) is 0 Å². The first-order valence-electron chi connectivity index (χ1n) is 6.18. The number of benzene rings is 1. The number of piperidine rings is 1. The highest BCUT2D eigenvalue weighted by Crippen LogP contribution is 2.09. The van der Waals surface area contributed by atoms with Gasteiger partial charge in [0.25, 0.3) is 0 Å². The molecule has 1 aromatic carbocycles. The maximum absolute atomic E-state index is 11.9. The fourth-order valence-electron chi connectivity index (χ4n) is 2.06. The van der Waals surface area contributed by atoms with E-state index in [2.05, 4.69) is 5.32 Å². The highest BCUT2D eigenvalue weighted by Gasteiger charge is 2.15. The first-order valence-corrected chi connectivity index (χ1v) is 6.18. The third kappa shape index (κ3) is 3.65. The lowest BCUT2D eigenvalue weighted by atomic mass is 10.1. The maximum atomic E-state index is 11.9. The molecule has 0 spiro atoms. The van der Waals surface area contributed by atoms with Crippen molar-refractivity contribution >= 4 is 5.78 Å². The van der Waals surface area contributed by atoms with Crippen molar-refractivity contribution in [2.24, 2.45) is 0 Å². The summed E-state index contributed by atoms with van der Waals surface area (Å²) in [7, 11) is 0. The highest BCUT2D eigenvalue weighted by atomic mass is 16.5. The molecule has 3 heteroatoms. The lowest BCUT2D eigenvalue weighted by Gasteiger charge is -2.22. The molecule has 0 unspecified atom stereocenters. The van der Waals surface area contributed by atoms with Crippen LogP contribution in [-0.4, -0.2) is 31.6 Å². The molecule has 1 fully saturated rings. The Morgan fingerprint density at radius 1 is 1.41 bits per heavy atom. The van der Waals surface area contributed by atoms with Crippen LogP contribution in [0.3, 0.4) is 0 Å². The zero-order valence-electron chi connectivity index (χ0n) is 10.2. The topological polar surface area (TPSA) is 38.3 Å². The minimum Gasteiger partial charge on any atom is -0.370 e. The molecule has 1 aromatic rings. The molecule has 17 heavy (non-hydrogen) atoms. The monoisotopic (exact) mass is 233 g/mol. The fraction of sp³-hybridized carbons (Fsp3) is 0.500. The average Bonchev–Trinajstić information content (AvgIpc) is 2.37. The summed E-state index contributed by atoms with van der Waals surface area (Å²) in [6.07, 6.45) is 2.24. The van der Waals surface area contributed by atoms with E-state index in [4.69, 9.17) is 4.74 Å². The quantitative estimate of drug-likeness (QED) is 0.808.